The van der Waals surface area contributed by atoms with Crippen molar-refractivity contribution in [3.05, 3.63) is 39.9 Å². The number of nitro groups is 1. The molecule has 0 aliphatic heterocycles. The topological polar surface area (TPSA) is 75.4 Å². The molecule has 0 fully saturated rings. The maximum atomic E-state index is 10.3. The van der Waals surface area contributed by atoms with Crippen LogP contribution in [-0.2, 0) is 0 Å². The highest BCUT2D eigenvalue weighted by Crippen LogP contribution is 2.16. The summed E-state index contributed by atoms with van der Waals surface area (Å²) >= 11 is 0. The van der Waals surface area contributed by atoms with Crippen LogP contribution in [0.25, 0.3) is 0 Å². The van der Waals surface area contributed by atoms with Crippen molar-refractivity contribution >= 4 is 5.69 Å². The minimum atomic E-state index is -0.624. The number of hydrogen-bond acceptors (Lipinski definition) is 4. The number of aliphatic hydroxyl groups excluding tert-OH is 1. The van der Waals surface area contributed by atoms with Crippen LogP contribution in [0.3, 0.4) is 0 Å². The molecule has 1 aromatic carbocycles. The zero-order chi connectivity index (χ0) is 10.6. The molecule has 1 unspecified atom stereocenters. The first kappa shape index (κ1) is 10.6. The Kier molecular flexibility index (Phi) is 3.55. The van der Waals surface area contributed by atoms with Gasteiger partial charge in [0.1, 0.15) is 0 Å². The third-order valence-corrected chi connectivity index (χ3v) is 1.89. The third-order valence-electron chi connectivity index (χ3n) is 1.89. The number of rotatable bonds is 4. The van der Waals surface area contributed by atoms with Crippen molar-refractivity contribution in [3.63, 3.8) is 0 Å². The van der Waals surface area contributed by atoms with E-state index in [-0.39, 0.29) is 5.69 Å². The summed E-state index contributed by atoms with van der Waals surface area (Å²) < 4.78 is 0. The van der Waals surface area contributed by atoms with Gasteiger partial charge in [0.25, 0.3) is 5.69 Å². The zero-order valence-corrected chi connectivity index (χ0v) is 7.80. The second-order valence-electron chi connectivity index (χ2n) is 2.92. The minimum absolute atomic E-state index is 0.0328. The van der Waals surface area contributed by atoms with E-state index in [9.17, 15) is 15.2 Å². The van der Waals surface area contributed by atoms with Crippen molar-refractivity contribution in [3.8, 4) is 0 Å². The van der Waals surface area contributed by atoms with Crippen molar-refractivity contribution < 1.29 is 10.0 Å². The summed E-state index contributed by atoms with van der Waals surface area (Å²) in [6.07, 6.45) is -0.624. The lowest BCUT2D eigenvalue weighted by molar-refractivity contribution is -0.384. The lowest BCUT2D eigenvalue weighted by Crippen LogP contribution is -2.16. The van der Waals surface area contributed by atoms with Crippen molar-refractivity contribution in [1.82, 2.24) is 5.32 Å². The highest BCUT2D eigenvalue weighted by atomic mass is 16.6. The fourth-order valence-electron chi connectivity index (χ4n) is 1.13. The fraction of sp³-hybridized carbons (Fsp3) is 0.333. The van der Waals surface area contributed by atoms with Gasteiger partial charge < -0.3 is 10.4 Å². The quantitative estimate of drug-likeness (QED) is 0.553. The second kappa shape index (κ2) is 4.69. The van der Waals surface area contributed by atoms with E-state index < -0.39 is 11.0 Å². The largest absolute Gasteiger partial charge is 0.387 e. The van der Waals surface area contributed by atoms with E-state index in [0.717, 1.165) is 0 Å². The van der Waals surface area contributed by atoms with Crippen LogP contribution in [0.2, 0.25) is 0 Å². The van der Waals surface area contributed by atoms with Gasteiger partial charge in [0.15, 0.2) is 0 Å². The van der Waals surface area contributed by atoms with Gasteiger partial charge in [-0.15, -0.1) is 0 Å². The minimum Gasteiger partial charge on any atom is -0.387 e. The summed E-state index contributed by atoms with van der Waals surface area (Å²) in [6.45, 7) is 0.428. The normalized spacial score (nSPS) is 12.4. The molecular formula is C9H12N2O3. The first-order chi connectivity index (χ1) is 6.65. The Morgan fingerprint density at radius 3 is 2.50 bits per heavy atom. The molecule has 0 spiro atoms. The summed E-state index contributed by atoms with van der Waals surface area (Å²) in [5.41, 5.74) is 0.704. The number of nitro benzene ring substituents is 1. The van der Waals surface area contributed by atoms with Gasteiger partial charge in [-0.3, -0.25) is 10.1 Å². The lowest BCUT2D eigenvalue weighted by atomic mass is 10.1. The van der Waals surface area contributed by atoms with Crippen molar-refractivity contribution in [1.29, 1.82) is 0 Å². The van der Waals surface area contributed by atoms with Crippen LogP contribution in [0.1, 0.15) is 11.7 Å². The maximum Gasteiger partial charge on any atom is 0.269 e. The maximum absolute atomic E-state index is 10.3. The highest BCUT2D eigenvalue weighted by Gasteiger charge is 2.08. The van der Waals surface area contributed by atoms with E-state index in [4.69, 9.17) is 0 Å². The Morgan fingerprint density at radius 1 is 1.50 bits per heavy atom. The summed E-state index contributed by atoms with van der Waals surface area (Å²) in [5.74, 6) is 0. The molecule has 1 rings (SSSR count). The molecule has 1 atom stereocenters. The Bertz CT molecular complexity index is 310. The third kappa shape index (κ3) is 2.51. The molecule has 5 heteroatoms. The summed E-state index contributed by atoms with van der Waals surface area (Å²) in [6, 6.07) is 5.88. The SMILES string of the molecule is CNCC(O)c1ccc([N+](=O)[O-])cc1. The van der Waals surface area contributed by atoms with Gasteiger partial charge in [0.05, 0.1) is 11.0 Å². The van der Waals surface area contributed by atoms with Crippen molar-refractivity contribution in [2.45, 2.75) is 6.10 Å². The molecule has 5 nitrogen and oxygen atoms in total. The predicted molar refractivity (Wildman–Crippen MR) is 52.0 cm³/mol. The number of non-ortho nitro benzene ring substituents is 1. The standard InChI is InChI=1S/C9H12N2O3/c1-10-6-9(12)7-2-4-8(5-3-7)11(13)14/h2-5,9-10,12H,6H2,1H3. The first-order valence-corrected chi connectivity index (χ1v) is 4.22. The lowest BCUT2D eigenvalue weighted by Gasteiger charge is -2.09. The smallest absolute Gasteiger partial charge is 0.269 e. The van der Waals surface area contributed by atoms with Crippen molar-refractivity contribution in [2.75, 3.05) is 13.6 Å². The van der Waals surface area contributed by atoms with Gasteiger partial charge in [0, 0.05) is 18.7 Å². The Balaban J connectivity index is 2.77. The van der Waals surface area contributed by atoms with E-state index >= 15 is 0 Å². The van der Waals surface area contributed by atoms with Gasteiger partial charge in [-0.25, -0.2) is 0 Å². The number of nitrogens with zero attached hydrogens (tertiary/aromatic N) is 1. The van der Waals surface area contributed by atoms with Crippen LogP contribution in [0, 0.1) is 10.1 Å². The predicted octanol–water partition coefficient (Wildman–Crippen LogP) is 0.848. The molecular weight excluding hydrogens is 184 g/mol. The van der Waals surface area contributed by atoms with E-state index in [1.54, 1.807) is 19.2 Å². The van der Waals surface area contributed by atoms with Gasteiger partial charge >= 0.3 is 0 Å². The van der Waals surface area contributed by atoms with Crippen LogP contribution in [-0.4, -0.2) is 23.6 Å². The summed E-state index contributed by atoms with van der Waals surface area (Å²) in [7, 11) is 1.73. The second-order valence-corrected chi connectivity index (χ2v) is 2.92. The molecule has 0 radical (unpaired) electrons. The van der Waals surface area contributed by atoms with E-state index in [1.807, 2.05) is 0 Å². The average Bonchev–Trinajstić information content (AvgIpc) is 2.18. The number of benzene rings is 1. The van der Waals surface area contributed by atoms with Crippen LogP contribution in [0.5, 0.6) is 0 Å². The van der Waals surface area contributed by atoms with E-state index in [2.05, 4.69) is 5.32 Å². The van der Waals surface area contributed by atoms with Gasteiger partial charge in [0.2, 0.25) is 0 Å². The highest BCUT2D eigenvalue weighted by molar-refractivity contribution is 5.33. The molecule has 0 aliphatic rings. The monoisotopic (exact) mass is 196 g/mol. The zero-order valence-electron chi connectivity index (χ0n) is 7.80. The molecule has 14 heavy (non-hydrogen) atoms. The Hall–Kier alpha value is -1.46. The van der Waals surface area contributed by atoms with E-state index in [0.29, 0.717) is 12.1 Å². The van der Waals surface area contributed by atoms with Crippen LogP contribution < -0.4 is 5.32 Å². The Morgan fingerprint density at radius 2 is 2.07 bits per heavy atom. The van der Waals surface area contributed by atoms with Crippen molar-refractivity contribution in [2.24, 2.45) is 0 Å². The summed E-state index contributed by atoms with van der Waals surface area (Å²) in [4.78, 5) is 9.87. The molecule has 0 aromatic heterocycles. The molecule has 0 bridgehead atoms. The molecule has 0 heterocycles. The number of hydrogen-bond donors (Lipinski definition) is 2. The molecule has 2 N–H and O–H groups in total. The number of aliphatic hydroxyl groups is 1. The van der Waals surface area contributed by atoms with Crippen LogP contribution in [0.15, 0.2) is 24.3 Å². The molecule has 0 amide bonds. The van der Waals surface area contributed by atoms with Crippen LogP contribution >= 0.6 is 0 Å². The first-order valence-electron chi connectivity index (χ1n) is 4.22. The number of nitrogens with one attached hydrogen (secondary N) is 1. The molecule has 0 saturated carbocycles. The van der Waals surface area contributed by atoms with E-state index in [1.165, 1.54) is 12.1 Å². The molecule has 0 saturated heterocycles. The Labute approximate surface area is 81.5 Å². The fourth-order valence-corrected chi connectivity index (χ4v) is 1.13. The van der Waals surface area contributed by atoms with Gasteiger partial charge in [-0.2, -0.15) is 0 Å². The van der Waals surface area contributed by atoms with Crippen LogP contribution in [0.4, 0.5) is 5.69 Å². The molecule has 76 valence electrons. The molecule has 0 aliphatic carbocycles. The van der Waals surface area contributed by atoms with Gasteiger partial charge in [-0.05, 0) is 24.7 Å². The summed E-state index contributed by atoms with van der Waals surface area (Å²) in [5, 5.41) is 22.7. The molecule has 1 aromatic rings. The number of likely N-dealkylation sites (N-methyl/N-ethyl adjacent to an activating group) is 1. The average molecular weight is 196 g/mol. The van der Waals surface area contributed by atoms with Gasteiger partial charge in [-0.1, -0.05) is 0 Å².